The highest BCUT2D eigenvalue weighted by atomic mass is 32.2. The highest BCUT2D eigenvalue weighted by Gasteiger charge is 2.33. The van der Waals surface area contributed by atoms with E-state index in [0.717, 1.165) is 11.6 Å². The van der Waals surface area contributed by atoms with E-state index in [2.05, 4.69) is 29.4 Å². The smallest absolute Gasteiger partial charge is 0.190 e. The van der Waals surface area contributed by atoms with Crippen LogP contribution in [0.1, 0.15) is 33.1 Å². The van der Waals surface area contributed by atoms with Crippen LogP contribution in [0.2, 0.25) is 0 Å². The number of nitrogens with one attached hydrogen (secondary N) is 1. The zero-order chi connectivity index (χ0) is 13.2. The first kappa shape index (κ1) is 13.8. The average molecular weight is 270 g/mol. The van der Waals surface area contributed by atoms with Gasteiger partial charge in [0.15, 0.2) is 5.16 Å². The van der Waals surface area contributed by atoms with Crippen molar-refractivity contribution >= 4 is 11.8 Å². The minimum absolute atomic E-state index is 0.174. The Kier molecular flexibility index (Phi) is 4.29. The van der Waals surface area contributed by atoms with E-state index in [9.17, 15) is 5.11 Å². The van der Waals surface area contributed by atoms with E-state index in [-0.39, 0.29) is 12.1 Å². The van der Waals surface area contributed by atoms with Gasteiger partial charge < -0.3 is 15.0 Å². The average Bonchev–Trinajstić information content (AvgIpc) is 3.02. The molecule has 1 aliphatic rings. The summed E-state index contributed by atoms with van der Waals surface area (Å²) in [5, 5.41) is 22.4. The Morgan fingerprint density at radius 1 is 1.67 bits per heavy atom. The predicted molar refractivity (Wildman–Crippen MR) is 72.6 cm³/mol. The van der Waals surface area contributed by atoms with Crippen LogP contribution in [0.4, 0.5) is 0 Å². The molecule has 1 saturated carbocycles. The summed E-state index contributed by atoms with van der Waals surface area (Å²) in [5.41, 5.74) is -0.188. The van der Waals surface area contributed by atoms with E-state index in [0.29, 0.717) is 11.3 Å². The number of aliphatic hydroxyl groups is 1. The van der Waals surface area contributed by atoms with Crippen LogP contribution in [0, 0.1) is 0 Å². The topological polar surface area (TPSA) is 63.0 Å². The third-order valence-corrected chi connectivity index (χ3v) is 4.34. The molecular weight excluding hydrogens is 248 g/mol. The van der Waals surface area contributed by atoms with Gasteiger partial charge in [-0.2, -0.15) is 0 Å². The molecule has 0 amide bonds. The molecule has 1 aliphatic carbocycles. The molecule has 0 saturated heterocycles. The van der Waals surface area contributed by atoms with Crippen molar-refractivity contribution in [3.05, 3.63) is 6.33 Å². The SMILES string of the molecule is CC(CC(C)(CO)NC1CC1)Sc1nncn1C. The van der Waals surface area contributed by atoms with E-state index in [1.807, 2.05) is 11.6 Å². The quantitative estimate of drug-likeness (QED) is 0.729. The fourth-order valence-corrected chi connectivity index (χ4v) is 3.24. The molecule has 1 aromatic heterocycles. The second kappa shape index (κ2) is 5.59. The molecule has 0 spiro atoms. The van der Waals surface area contributed by atoms with E-state index >= 15 is 0 Å². The zero-order valence-electron chi connectivity index (χ0n) is 11.3. The normalized spacial score (nSPS) is 20.7. The van der Waals surface area contributed by atoms with Crippen LogP contribution in [-0.2, 0) is 7.05 Å². The van der Waals surface area contributed by atoms with Crippen LogP contribution in [-0.4, -0.2) is 43.3 Å². The molecule has 0 aliphatic heterocycles. The molecule has 6 heteroatoms. The lowest BCUT2D eigenvalue weighted by Gasteiger charge is -2.31. The van der Waals surface area contributed by atoms with Crippen molar-refractivity contribution in [3.63, 3.8) is 0 Å². The third-order valence-electron chi connectivity index (χ3n) is 3.19. The van der Waals surface area contributed by atoms with E-state index in [1.54, 1.807) is 18.1 Å². The zero-order valence-corrected chi connectivity index (χ0v) is 12.1. The van der Waals surface area contributed by atoms with Crippen molar-refractivity contribution in [2.24, 2.45) is 7.05 Å². The van der Waals surface area contributed by atoms with Crippen LogP contribution in [0.15, 0.2) is 11.5 Å². The van der Waals surface area contributed by atoms with Crippen LogP contribution in [0.5, 0.6) is 0 Å². The molecule has 0 bridgehead atoms. The molecule has 2 N–H and O–H groups in total. The van der Waals surface area contributed by atoms with Gasteiger partial charge in [0.1, 0.15) is 6.33 Å². The molecule has 5 nitrogen and oxygen atoms in total. The van der Waals surface area contributed by atoms with Gasteiger partial charge in [-0.05, 0) is 26.2 Å². The number of hydrogen-bond acceptors (Lipinski definition) is 5. The van der Waals surface area contributed by atoms with Crippen LogP contribution < -0.4 is 5.32 Å². The summed E-state index contributed by atoms with van der Waals surface area (Å²) < 4.78 is 1.92. The molecule has 1 heterocycles. The predicted octanol–water partition coefficient (Wildman–Crippen LogP) is 1.19. The summed E-state index contributed by atoms with van der Waals surface area (Å²) in [7, 11) is 1.95. The molecule has 2 unspecified atom stereocenters. The van der Waals surface area contributed by atoms with Gasteiger partial charge >= 0.3 is 0 Å². The van der Waals surface area contributed by atoms with Crippen LogP contribution in [0.3, 0.4) is 0 Å². The fourth-order valence-electron chi connectivity index (χ4n) is 2.12. The first-order valence-electron chi connectivity index (χ1n) is 6.41. The van der Waals surface area contributed by atoms with Gasteiger partial charge in [-0.25, -0.2) is 0 Å². The van der Waals surface area contributed by atoms with Gasteiger partial charge in [-0.3, -0.25) is 0 Å². The molecule has 1 aromatic rings. The van der Waals surface area contributed by atoms with Gasteiger partial charge in [-0.1, -0.05) is 18.7 Å². The maximum absolute atomic E-state index is 9.59. The monoisotopic (exact) mass is 270 g/mol. The van der Waals surface area contributed by atoms with Gasteiger partial charge in [0.05, 0.1) is 6.61 Å². The number of aliphatic hydroxyl groups excluding tert-OH is 1. The Bertz CT molecular complexity index is 393. The van der Waals surface area contributed by atoms with Crippen molar-refractivity contribution < 1.29 is 5.11 Å². The lowest BCUT2D eigenvalue weighted by atomic mass is 9.97. The number of rotatable bonds is 7. The Labute approximate surface area is 112 Å². The van der Waals surface area contributed by atoms with Crippen LogP contribution in [0.25, 0.3) is 0 Å². The summed E-state index contributed by atoms with van der Waals surface area (Å²) in [6.07, 6.45) is 5.10. The first-order valence-corrected chi connectivity index (χ1v) is 7.29. The number of nitrogens with zero attached hydrogens (tertiary/aromatic N) is 3. The second-order valence-electron chi connectivity index (χ2n) is 5.49. The van der Waals surface area contributed by atoms with Gasteiger partial charge in [0.25, 0.3) is 0 Å². The molecule has 2 rings (SSSR count). The Morgan fingerprint density at radius 3 is 2.89 bits per heavy atom. The molecule has 0 radical (unpaired) electrons. The molecule has 1 fully saturated rings. The van der Waals surface area contributed by atoms with E-state index < -0.39 is 0 Å². The van der Waals surface area contributed by atoms with Gasteiger partial charge in [0.2, 0.25) is 0 Å². The molecule has 18 heavy (non-hydrogen) atoms. The maximum atomic E-state index is 9.59. The Hall–Kier alpha value is -0.590. The number of aromatic nitrogens is 3. The summed E-state index contributed by atoms with van der Waals surface area (Å²) >= 11 is 1.70. The third kappa shape index (κ3) is 3.70. The molecule has 2 atom stereocenters. The lowest BCUT2D eigenvalue weighted by molar-refractivity contribution is 0.164. The van der Waals surface area contributed by atoms with Crippen molar-refractivity contribution in [3.8, 4) is 0 Å². The lowest BCUT2D eigenvalue weighted by Crippen LogP contribution is -2.48. The highest BCUT2D eigenvalue weighted by Crippen LogP contribution is 2.29. The highest BCUT2D eigenvalue weighted by molar-refractivity contribution is 7.99. The standard InChI is InChI=1S/C12H22N4OS/c1-9(18-11-15-13-8-16(11)3)6-12(2,7-17)14-10-4-5-10/h8-10,14,17H,4-7H2,1-3H3. The Morgan fingerprint density at radius 2 is 2.39 bits per heavy atom. The summed E-state index contributed by atoms with van der Waals surface area (Å²) in [4.78, 5) is 0. The Balaban J connectivity index is 1.88. The largest absolute Gasteiger partial charge is 0.394 e. The number of thioether (sulfide) groups is 1. The first-order chi connectivity index (χ1) is 8.52. The number of hydrogen-bond donors (Lipinski definition) is 2. The van der Waals surface area contributed by atoms with E-state index in [4.69, 9.17) is 0 Å². The molecule has 0 aromatic carbocycles. The second-order valence-corrected chi connectivity index (χ2v) is 6.90. The summed E-state index contributed by atoms with van der Waals surface area (Å²) in [6.45, 7) is 4.44. The fraction of sp³-hybridized carbons (Fsp3) is 0.833. The van der Waals surface area contributed by atoms with E-state index in [1.165, 1.54) is 12.8 Å². The number of aryl methyl sites for hydroxylation is 1. The molecular formula is C12H22N4OS. The van der Waals surface area contributed by atoms with Gasteiger partial charge in [0, 0.05) is 23.9 Å². The minimum atomic E-state index is -0.188. The van der Waals surface area contributed by atoms with Crippen molar-refractivity contribution in [1.29, 1.82) is 0 Å². The minimum Gasteiger partial charge on any atom is -0.394 e. The summed E-state index contributed by atoms with van der Waals surface area (Å²) in [6, 6.07) is 0.606. The maximum Gasteiger partial charge on any atom is 0.190 e. The van der Waals surface area contributed by atoms with Crippen molar-refractivity contribution in [2.75, 3.05) is 6.61 Å². The van der Waals surface area contributed by atoms with Crippen molar-refractivity contribution in [1.82, 2.24) is 20.1 Å². The van der Waals surface area contributed by atoms with Gasteiger partial charge in [-0.15, -0.1) is 10.2 Å². The summed E-state index contributed by atoms with van der Waals surface area (Å²) in [5.74, 6) is 0. The van der Waals surface area contributed by atoms with Crippen molar-refractivity contribution in [2.45, 2.75) is 55.1 Å². The molecule has 102 valence electrons. The van der Waals surface area contributed by atoms with Crippen LogP contribution >= 0.6 is 11.8 Å².